The van der Waals surface area contributed by atoms with Gasteiger partial charge in [-0.05, 0) is 18.1 Å². The zero-order valence-electron chi connectivity index (χ0n) is 8.30. The van der Waals surface area contributed by atoms with Gasteiger partial charge in [-0.1, -0.05) is 12.1 Å². The van der Waals surface area contributed by atoms with Gasteiger partial charge in [0.05, 0.1) is 17.2 Å². The zero-order valence-corrected chi connectivity index (χ0v) is 8.30. The second-order valence-electron chi connectivity index (χ2n) is 3.11. The van der Waals surface area contributed by atoms with E-state index in [2.05, 4.69) is 0 Å². The lowest BCUT2D eigenvalue weighted by molar-refractivity contribution is 0.0650. The number of aromatic carboxylic acids is 2. The molecule has 82 valence electrons. The molecule has 0 saturated carbocycles. The van der Waals surface area contributed by atoms with Gasteiger partial charge >= 0.3 is 11.9 Å². The van der Waals surface area contributed by atoms with Gasteiger partial charge in [-0.3, -0.25) is 0 Å². The fourth-order valence-corrected chi connectivity index (χ4v) is 1.43. The highest BCUT2D eigenvalue weighted by Gasteiger charge is 2.19. The molecule has 0 heterocycles. The lowest BCUT2D eigenvalue weighted by Gasteiger charge is -2.06. The molecule has 2 N–H and O–H groups in total. The van der Waals surface area contributed by atoms with Crippen LogP contribution in [0.15, 0.2) is 18.2 Å². The molecule has 0 aliphatic carbocycles. The van der Waals surface area contributed by atoms with E-state index >= 15 is 0 Å². The maximum absolute atomic E-state index is 11.0. The predicted molar refractivity (Wildman–Crippen MR) is 54.3 cm³/mol. The molecule has 0 unspecified atom stereocenters. The van der Waals surface area contributed by atoms with Crippen LogP contribution in [0.1, 0.15) is 32.7 Å². The van der Waals surface area contributed by atoms with E-state index in [1.54, 1.807) is 0 Å². The van der Waals surface area contributed by atoms with Gasteiger partial charge in [0.1, 0.15) is 0 Å². The van der Waals surface area contributed by atoms with Crippen molar-refractivity contribution in [2.45, 2.75) is 12.8 Å². The maximum atomic E-state index is 11.0. The molecule has 16 heavy (non-hydrogen) atoms. The molecule has 0 saturated heterocycles. The molecule has 5 heteroatoms. The molecule has 0 aromatic heterocycles. The van der Waals surface area contributed by atoms with Crippen molar-refractivity contribution in [3.63, 3.8) is 0 Å². The number of carboxylic acid groups (broad SMARTS) is 2. The Balaban J connectivity index is 3.28. The molecule has 0 radical (unpaired) electrons. The van der Waals surface area contributed by atoms with E-state index in [-0.39, 0.29) is 24.0 Å². The average Bonchev–Trinajstić information content (AvgIpc) is 2.25. The highest BCUT2D eigenvalue weighted by molar-refractivity contribution is 6.02. The Morgan fingerprint density at radius 2 is 1.94 bits per heavy atom. The van der Waals surface area contributed by atoms with Crippen LogP contribution in [0, 0.1) is 11.3 Å². The summed E-state index contributed by atoms with van der Waals surface area (Å²) in [5.74, 6) is -2.57. The first-order valence-electron chi connectivity index (χ1n) is 4.53. The maximum Gasteiger partial charge on any atom is 0.336 e. The molecular formula is C11H9NO4. The minimum Gasteiger partial charge on any atom is -0.478 e. The van der Waals surface area contributed by atoms with Gasteiger partial charge in [-0.15, -0.1) is 0 Å². The molecule has 1 rings (SSSR count). The Bertz CT molecular complexity index is 473. The number of rotatable bonds is 4. The van der Waals surface area contributed by atoms with Gasteiger partial charge in [0.15, 0.2) is 0 Å². The quantitative estimate of drug-likeness (QED) is 0.800. The second-order valence-corrected chi connectivity index (χ2v) is 3.11. The van der Waals surface area contributed by atoms with Gasteiger partial charge in [0, 0.05) is 6.42 Å². The van der Waals surface area contributed by atoms with E-state index in [0.29, 0.717) is 5.56 Å². The van der Waals surface area contributed by atoms with Gasteiger partial charge in [0.25, 0.3) is 0 Å². The van der Waals surface area contributed by atoms with Gasteiger partial charge in [0.2, 0.25) is 0 Å². The summed E-state index contributed by atoms with van der Waals surface area (Å²) >= 11 is 0. The molecule has 0 aliphatic heterocycles. The van der Waals surface area contributed by atoms with Crippen LogP contribution in [-0.2, 0) is 6.42 Å². The van der Waals surface area contributed by atoms with Crippen molar-refractivity contribution in [1.29, 1.82) is 5.26 Å². The van der Waals surface area contributed by atoms with Crippen molar-refractivity contribution in [2.24, 2.45) is 0 Å². The molecule has 1 aromatic carbocycles. The number of hydrogen-bond acceptors (Lipinski definition) is 3. The van der Waals surface area contributed by atoms with Crippen molar-refractivity contribution >= 4 is 11.9 Å². The summed E-state index contributed by atoms with van der Waals surface area (Å²) in [5.41, 5.74) is -0.109. The average molecular weight is 219 g/mol. The molecule has 5 nitrogen and oxygen atoms in total. The molecule has 1 aromatic rings. The summed E-state index contributed by atoms with van der Waals surface area (Å²) in [4.78, 5) is 21.8. The fourth-order valence-electron chi connectivity index (χ4n) is 1.43. The molecule has 0 atom stereocenters. The Hall–Kier alpha value is -2.35. The number of hydrogen-bond donors (Lipinski definition) is 2. The van der Waals surface area contributed by atoms with E-state index in [9.17, 15) is 9.59 Å². The normalized spacial score (nSPS) is 9.44. The van der Waals surface area contributed by atoms with Crippen LogP contribution >= 0.6 is 0 Å². The molecule has 0 bridgehead atoms. The lowest BCUT2D eigenvalue weighted by atomic mass is 9.98. The van der Waals surface area contributed by atoms with E-state index in [1.165, 1.54) is 18.2 Å². The predicted octanol–water partition coefficient (Wildman–Crippen LogP) is 1.54. The van der Waals surface area contributed by atoms with Crippen molar-refractivity contribution in [3.05, 3.63) is 34.9 Å². The minimum atomic E-state index is -1.29. The summed E-state index contributed by atoms with van der Waals surface area (Å²) in [7, 11) is 0. The van der Waals surface area contributed by atoms with Crippen LogP contribution in [-0.4, -0.2) is 22.2 Å². The van der Waals surface area contributed by atoms with Crippen molar-refractivity contribution < 1.29 is 19.8 Å². The first kappa shape index (κ1) is 11.7. The second kappa shape index (κ2) is 4.94. The van der Waals surface area contributed by atoms with Crippen molar-refractivity contribution in [1.82, 2.24) is 0 Å². The zero-order chi connectivity index (χ0) is 12.1. The van der Waals surface area contributed by atoms with E-state index in [4.69, 9.17) is 15.5 Å². The molecule has 0 spiro atoms. The van der Waals surface area contributed by atoms with Crippen LogP contribution in [0.3, 0.4) is 0 Å². The van der Waals surface area contributed by atoms with Crippen LogP contribution in [0.5, 0.6) is 0 Å². The SMILES string of the molecule is N#CCCc1cccc(C(=O)O)c1C(=O)O. The molecule has 0 amide bonds. The summed E-state index contributed by atoms with van der Waals surface area (Å²) in [6.45, 7) is 0. The summed E-state index contributed by atoms with van der Waals surface area (Å²) < 4.78 is 0. The summed E-state index contributed by atoms with van der Waals surface area (Å²) in [6, 6.07) is 6.12. The standard InChI is InChI=1S/C11H9NO4/c12-6-2-4-7-3-1-5-8(10(13)14)9(7)11(15)16/h1,3,5H,2,4H2,(H,13,14)(H,15,16). The van der Waals surface area contributed by atoms with E-state index < -0.39 is 11.9 Å². The van der Waals surface area contributed by atoms with Crippen LogP contribution in [0.25, 0.3) is 0 Å². The number of carbonyl (C=O) groups is 2. The van der Waals surface area contributed by atoms with Crippen molar-refractivity contribution in [2.75, 3.05) is 0 Å². The number of carboxylic acids is 2. The van der Waals surface area contributed by atoms with E-state index in [1.807, 2.05) is 6.07 Å². The Morgan fingerprint density at radius 1 is 1.25 bits per heavy atom. The summed E-state index contributed by atoms with van der Waals surface area (Å²) in [6.07, 6.45) is 0.391. The van der Waals surface area contributed by atoms with Gasteiger partial charge in [-0.2, -0.15) is 5.26 Å². The number of nitrogens with zero attached hydrogens (tertiary/aromatic N) is 1. The number of benzene rings is 1. The molecular weight excluding hydrogens is 210 g/mol. The van der Waals surface area contributed by atoms with Crippen LogP contribution in [0.2, 0.25) is 0 Å². The fraction of sp³-hybridized carbons (Fsp3) is 0.182. The Kier molecular flexibility index (Phi) is 3.62. The molecule has 0 aliphatic rings. The minimum absolute atomic E-state index is 0.156. The van der Waals surface area contributed by atoms with Crippen LogP contribution in [0.4, 0.5) is 0 Å². The smallest absolute Gasteiger partial charge is 0.336 e. The third-order valence-electron chi connectivity index (χ3n) is 2.10. The first-order valence-corrected chi connectivity index (χ1v) is 4.53. The van der Waals surface area contributed by atoms with Crippen molar-refractivity contribution in [3.8, 4) is 6.07 Å². The Labute approximate surface area is 91.6 Å². The topological polar surface area (TPSA) is 98.4 Å². The molecule has 0 fully saturated rings. The summed E-state index contributed by atoms with van der Waals surface area (Å²) in [5, 5.41) is 26.2. The number of nitriles is 1. The van der Waals surface area contributed by atoms with Crippen LogP contribution < -0.4 is 0 Å². The Morgan fingerprint density at radius 3 is 2.44 bits per heavy atom. The number of aryl methyl sites for hydroxylation is 1. The highest BCUT2D eigenvalue weighted by atomic mass is 16.4. The largest absolute Gasteiger partial charge is 0.478 e. The third kappa shape index (κ3) is 2.36. The lowest BCUT2D eigenvalue weighted by Crippen LogP contribution is -2.11. The van der Waals surface area contributed by atoms with Gasteiger partial charge in [-0.25, -0.2) is 9.59 Å². The highest BCUT2D eigenvalue weighted by Crippen LogP contribution is 2.16. The van der Waals surface area contributed by atoms with Gasteiger partial charge < -0.3 is 10.2 Å². The van der Waals surface area contributed by atoms with E-state index in [0.717, 1.165) is 0 Å². The third-order valence-corrected chi connectivity index (χ3v) is 2.10. The first-order chi connectivity index (χ1) is 7.57. The monoisotopic (exact) mass is 219 g/mol.